The molecular formula is C12H17NO2. The first-order chi connectivity index (χ1) is 7.20. The van der Waals surface area contributed by atoms with E-state index in [9.17, 15) is 4.79 Å². The van der Waals surface area contributed by atoms with Crippen LogP contribution in [0, 0.1) is 6.92 Å². The molecule has 3 nitrogen and oxygen atoms in total. The zero-order chi connectivity index (χ0) is 10.8. The van der Waals surface area contributed by atoms with Crippen LogP contribution >= 0.6 is 0 Å². The van der Waals surface area contributed by atoms with Gasteiger partial charge < -0.3 is 9.32 Å². The molecule has 1 amide bonds. The SMILES string of the molecule is Cc1occc1C(=O)N1CCCC[C@@H]1C. The number of hydrogen-bond donors (Lipinski definition) is 0. The van der Waals surface area contributed by atoms with Crippen molar-refractivity contribution in [3.8, 4) is 0 Å². The van der Waals surface area contributed by atoms with Crippen molar-refractivity contribution in [3.63, 3.8) is 0 Å². The molecule has 15 heavy (non-hydrogen) atoms. The number of furan rings is 1. The Bertz CT molecular complexity index is 356. The predicted molar refractivity (Wildman–Crippen MR) is 57.8 cm³/mol. The van der Waals surface area contributed by atoms with Crippen LogP contribution in [0.25, 0.3) is 0 Å². The Hall–Kier alpha value is -1.25. The van der Waals surface area contributed by atoms with Gasteiger partial charge in [-0.3, -0.25) is 4.79 Å². The molecule has 1 saturated heterocycles. The van der Waals surface area contributed by atoms with E-state index in [1.807, 2.05) is 11.8 Å². The first-order valence-electron chi connectivity index (χ1n) is 5.55. The topological polar surface area (TPSA) is 33.5 Å². The number of hydrogen-bond acceptors (Lipinski definition) is 2. The summed E-state index contributed by atoms with van der Waals surface area (Å²) < 4.78 is 5.16. The molecule has 0 spiro atoms. The summed E-state index contributed by atoms with van der Waals surface area (Å²) in [5.41, 5.74) is 0.712. The van der Waals surface area contributed by atoms with Crippen molar-refractivity contribution >= 4 is 5.91 Å². The van der Waals surface area contributed by atoms with E-state index in [2.05, 4.69) is 6.92 Å². The van der Waals surface area contributed by atoms with Crippen LogP contribution in [-0.2, 0) is 0 Å². The zero-order valence-corrected chi connectivity index (χ0v) is 9.32. The monoisotopic (exact) mass is 207 g/mol. The molecule has 1 aromatic rings. The highest BCUT2D eigenvalue weighted by Gasteiger charge is 2.25. The predicted octanol–water partition coefficient (Wildman–Crippen LogP) is 2.60. The van der Waals surface area contributed by atoms with Crippen LogP contribution in [0.15, 0.2) is 16.7 Å². The Morgan fingerprint density at radius 1 is 1.53 bits per heavy atom. The minimum absolute atomic E-state index is 0.119. The molecule has 82 valence electrons. The zero-order valence-electron chi connectivity index (χ0n) is 9.32. The van der Waals surface area contributed by atoms with Crippen LogP contribution < -0.4 is 0 Å². The largest absolute Gasteiger partial charge is 0.469 e. The van der Waals surface area contributed by atoms with Gasteiger partial charge in [-0.1, -0.05) is 0 Å². The van der Waals surface area contributed by atoms with Gasteiger partial charge in [-0.05, 0) is 39.2 Å². The Balaban J connectivity index is 2.17. The lowest BCUT2D eigenvalue weighted by Crippen LogP contribution is -2.42. The summed E-state index contributed by atoms with van der Waals surface area (Å²) in [7, 11) is 0. The minimum atomic E-state index is 0.119. The van der Waals surface area contributed by atoms with Gasteiger partial charge in [-0.2, -0.15) is 0 Å². The third kappa shape index (κ3) is 1.91. The summed E-state index contributed by atoms with van der Waals surface area (Å²) in [6.45, 7) is 4.83. The molecule has 0 bridgehead atoms. The van der Waals surface area contributed by atoms with E-state index in [1.165, 1.54) is 6.42 Å². The molecule has 1 aliphatic rings. The summed E-state index contributed by atoms with van der Waals surface area (Å²) in [6, 6.07) is 2.12. The molecule has 0 N–H and O–H groups in total. The van der Waals surface area contributed by atoms with Crippen LogP contribution in [-0.4, -0.2) is 23.4 Å². The summed E-state index contributed by atoms with van der Waals surface area (Å²) in [4.78, 5) is 14.1. The lowest BCUT2D eigenvalue weighted by atomic mass is 10.0. The van der Waals surface area contributed by atoms with E-state index in [0.29, 0.717) is 11.6 Å². The van der Waals surface area contributed by atoms with Crippen molar-refractivity contribution in [1.82, 2.24) is 4.90 Å². The van der Waals surface area contributed by atoms with Crippen molar-refractivity contribution in [1.29, 1.82) is 0 Å². The van der Waals surface area contributed by atoms with E-state index in [1.54, 1.807) is 12.3 Å². The third-order valence-corrected chi connectivity index (χ3v) is 3.15. The molecule has 3 heteroatoms. The van der Waals surface area contributed by atoms with Crippen molar-refractivity contribution < 1.29 is 9.21 Å². The Morgan fingerprint density at radius 3 is 2.93 bits per heavy atom. The second-order valence-corrected chi connectivity index (χ2v) is 4.23. The number of carbonyl (C=O) groups excluding carboxylic acids is 1. The van der Waals surface area contributed by atoms with Crippen molar-refractivity contribution in [2.24, 2.45) is 0 Å². The minimum Gasteiger partial charge on any atom is -0.469 e. The van der Waals surface area contributed by atoms with Gasteiger partial charge in [0.1, 0.15) is 5.76 Å². The molecule has 1 fully saturated rings. The van der Waals surface area contributed by atoms with E-state index >= 15 is 0 Å². The first kappa shape index (κ1) is 10.3. The van der Waals surface area contributed by atoms with Crippen molar-refractivity contribution in [2.45, 2.75) is 39.2 Å². The maximum absolute atomic E-state index is 12.2. The van der Waals surface area contributed by atoms with Gasteiger partial charge in [0.05, 0.1) is 11.8 Å². The highest BCUT2D eigenvalue weighted by molar-refractivity contribution is 5.95. The van der Waals surface area contributed by atoms with Gasteiger partial charge in [0.25, 0.3) is 5.91 Å². The molecule has 2 heterocycles. The lowest BCUT2D eigenvalue weighted by Gasteiger charge is -2.33. The highest BCUT2D eigenvalue weighted by atomic mass is 16.3. The molecular weight excluding hydrogens is 190 g/mol. The fourth-order valence-electron chi connectivity index (χ4n) is 2.16. The molecule has 1 aliphatic heterocycles. The fraction of sp³-hybridized carbons (Fsp3) is 0.583. The van der Waals surface area contributed by atoms with Gasteiger partial charge >= 0.3 is 0 Å². The van der Waals surface area contributed by atoms with Crippen LogP contribution in [0.2, 0.25) is 0 Å². The highest BCUT2D eigenvalue weighted by Crippen LogP contribution is 2.20. The van der Waals surface area contributed by atoms with Gasteiger partial charge in [0.15, 0.2) is 0 Å². The number of likely N-dealkylation sites (tertiary alicyclic amines) is 1. The number of amides is 1. The Morgan fingerprint density at radius 2 is 2.33 bits per heavy atom. The molecule has 0 radical (unpaired) electrons. The number of rotatable bonds is 1. The van der Waals surface area contributed by atoms with Gasteiger partial charge in [-0.15, -0.1) is 0 Å². The first-order valence-corrected chi connectivity index (χ1v) is 5.55. The molecule has 0 saturated carbocycles. The summed E-state index contributed by atoms with van der Waals surface area (Å²) in [5.74, 6) is 0.839. The second-order valence-electron chi connectivity index (χ2n) is 4.23. The van der Waals surface area contributed by atoms with E-state index < -0.39 is 0 Å². The average molecular weight is 207 g/mol. The summed E-state index contributed by atoms with van der Waals surface area (Å²) in [6.07, 6.45) is 5.04. The number of aryl methyl sites for hydroxylation is 1. The molecule has 0 aromatic carbocycles. The standard InChI is InChI=1S/C12H17NO2/c1-9-5-3-4-7-13(9)12(14)11-6-8-15-10(11)2/h6,8-9H,3-5,7H2,1-2H3/t9-/m0/s1. The number of carbonyl (C=O) groups is 1. The molecule has 1 atom stereocenters. The van der Waals surface area contributed by atoms with Gasteiger partial charge in [-0.25, -0.2) is 0 Å². The summed E-state index contributed by atoms with van der Waals surface area (Å²) in [5, 5.41) is 0. The molecule has 0 unspecified atom stereocenters. The number of piperidine rings is 1. The molecule has 2 rings (SSSR count). The van der Waals surface area contributed by atoms with Crippen LogP contribution in [0.5, 0.6) is 0 Å². The normalized spacial score (nSPS) is 21.7. The maximum Gasteiger partial charge on any atom is 0.257 e. The van der Waals surface area contributed by atoms with E-state index in [-0.39, 0.29) is 5.91 Å². The second kappa shape index (κ2) is 4.09. The quantitative estimate of drug-likeness (QED) is 0.709. The molecule has 0 aliphatic carbocycles. The van der Waals surface area contributed by atoms with Crippen LogP contribution in [0.1, 0.15) is 42.3 Å². The van der Waals surface area contributed by atoms with Crippen LogP contribution in [0.4, 0.5) is 0 Å². The van der Waals surface area contributed by atoms with Gasteiger partial charge in [0, 0.05) is 12.6 Å². The van der Waals surface area contributed by atoms with E-state index in [4.69, 9.17) is 4.42 Å². The third-order valence-electron chi connectivity index (χ3n) is 3.15. The smallest absolute Gasteiger partial charge is 0.257 e. The van der Waals surface area contributed by atoms with Gasteiger partial charge in [0.2, 0.25) is 0 Å². The maximum atomic E-state index is 12.2. The molecule has 1 aromatic heterocycles. The number of nitrogens with zero attached hydrogens (tertiary/aromatic N) is 1. The lowest BCUT2D eigenvalue weighted by molar-refractivity contribution is 0.0634. The van der Waals surface area contributed by atoms with Crippen LogP contribution in [0.3, 0.4) is 0 Å². The Kier molecular flexibility index (Phi) is 2.80. The summed E-state index contributed by atoms with van der Waals surface area (Å²) >= 11 is 0. The Labute approximate surface area is 90.1 Å². The van der Waals surface area contributed by atoms with E-state index in [0.717, 1.165) is 25.1 Å². The van der Waals surface area contributed by atoms with Crippen molar-refractivity contribution in [3.05, 3.63) is 23.7 Å². The fourth-order valence-corrected chi connectivity index (χ4v) is 2.16. The van der Waals surface area contributed by atoms with Crippen molar-refractivity contribution in [2.75, 3.05) is 6.54 Å². The average Bonchev–Trinajstić information content (AvgIpc) is 2.64.